The van der Waals surface area contributed by atoms with E-state index in [9.17, 15) is 4.79 Å². The molecule has 0 aliphatic carbocycles. The van der Waals surface area contributed by atoms with Gasteiger partial charge in [0.25, 0.3) is 0 Å². The SMILES string of the molecule is CC(NC(=O)NCC1CCN(Cc2ccccc2Cl)CC1)c1nncn1C. The Morgan fingerprint density at radius 1 is 1.33 bits per heavy atom. The van der Waals surface area contributed by atoms with Gasteiger partial charge in [-0.25, -0.2) is 4.79 Å². The molecule has 27 heavy (non-hydrogen) atoms. The third-order valence-corrected chi connectivity index (χ3v) is 5.46. The molecule has 2 heterocycles. The fourth-order valence-electron chi connectivity index (χ4n) is 3.45. The lowest BCUT2D eigenvalue weighted by atomic mass is 9.96. The highest BCUT2D eigenvalue weighted by Gasteiger charge is 2.21. The van der Waals surface area contributed by atoms with Crippen LogP contribution < -0.4 is 10.6 Å². The molecule has 0 spiro atoms. The Morgan fingerprint density at radius 2 is 2.07 bits per heavy atom. The van der Waals surface area contributed by atoms with Gasteiger partial charge in [0.1, 0.15) is 6.33 Å². The van der Waals surface area contributed by atoms with Gasteiger partial charge in [0.05, 0.1) is 6.04 Å². The molecule has 1 aliphatic heterocycles. The number of nitrogens with zero attached hydrogens (tertiary/aromatic N) is 4. The van der Waals surface area contributed by atoms with Gasteiger partial charge in [0.15, 0.2) is 5.82 Å². The molecule has 1 aliphatic rings. The van der Waals surface area contributed by atoms with Gasteiger partial charge >= 0.3 is 6.03 Å². The molecule has 1 aromatic carbocycles. The monoisotopic (exact) mass is 390 g/mol. The van der Waals surface area contributed by atoms with Crippen LogP contribution in [0, 0.1) is 5.92 Å². The van der Waals surface area contributed by atoms with E-state index in [0.717, 1.165) is 43.3 Å². The van der Waals surface area contributed by atoms with Gasteiger partial charge in [-0.2, -0.15) is 0 Å². The molecular formula is C19H27ClN6O. The largest absolute Gasteiger partial charge is 0.338 e. The molecule has 0 radical (unpaired) electrons. The van der Waals surface area contributed by atoms with Crippen LogP contribution in [0.15, 0.2) is 30.6 Å². The minimum atomic E-state index is -0.185. The van der Waals surface area contributed by atoms with E-state index in [0.29, 0.717) is 12.5 Å². The number of aromatic nitrogens is 3. The summed E-state index contributed by atoms with van der Waals surface area (Å²) in [4.78, 5) is 14.6. The zero-order valence-electron chi connectivity index (χ0n) is 15.9. The molecule has 2 aromatic rings. The van der Waals surface area contributed by atoms with Gasteiger partial charge in [0.2, 0.25) is 0 Å². The van der Waals surface area contributed by atoms with Crippen molar-refractivity contribution >= 4 is 17.6 Å². The summed E-state index contributed by atoms with van der Waals surface area (Å²) in [6.45, 7) is 5.52. The van der Waals surface area contributed by atoms with Crippen molar-refractivity contribution in [2.45, 2.75) is 32.4 Å². The number of benzene rings is 1. The van der Waals surface area contributed by atoms with E-state index in [2.05, 4.69) is 31.8 Å². The summed E-state index contributed by atoms with van der Waals surface area (Å²) in [5.41, 5.74) is 1.17. The maximum atomic E-state index is 12.1. The highest BCUT2D eigenvalue weighted by Crippen LogP contribution is 2.22. The second-order valence-corrected chi connectivity index (χ2v) is 7.59. The van der Waals surface area contributed by atoms with Crippen molar-refractivity contribution in [1.82, 2.24) is 30.3 Å². The van der Waals surface area contributed by atoms with Gasteiger partial charge < -0.3 is 15.2 Å². The second kappa shape index (κ2) is 9.19. The predicted octanol–water partition coefficient (Wildman–Crippen LogP) is 2.74. The second-order valence-electron chi connectivity index (χ2n) is 7.19. The smallest absolute Gasteiger partial charge is 0.315 e. The quantitative estimate of drug-likeness (QED) is 0.795. The number of aryl methyl sites for hydroxylation is 1. The van der Waals surface area contributed by atoms with Crippen molar-refractivity contribution in [2.24, 2.45) is 13.0 Å². The average molecular weight is 391 g/mol. The number of carbonyl (C=O) groups is 1. The van der Waals surface area contributed by atoms with Gasteiger partial charge in [-0.05, 0) is 50.4 Å². The Bertz CT molecular complexity index is 756. The maximum absolute atomic E-state index is 12.1. The molecule has 7 nitrogen and oxygen atoms in total. The number of likely N-dealkylation sites (tertiary alicyclic amines) is 1. The van der Waals surface area contributed by atoms with E-state index in [1.807, 2.05) is 32.2 Å². The van der Waals surface area contributed by atoms with E-state index in [1.54, 1.807) is 10.9 Å². The van der Waals surface area contributed by atoms with Gasteiger partial charge in [-0.3, -0.25) is 4.90 Å². The highest BCUT2D eigenvalue weighted by atomic mass is 35.5. The van der Waals surface area contributed by atoms with Crippen LogP contribution in [0.25, 0.3) is 0 Å². The molecule has 1 atom stereocenters. The first-order valence-corrected chi connectivity index (χ1v) is 9.74. The minimum Gasteiger partial charge on any atom is -0.338 e. The number of urea groups is 1. The Kier molecular flexibility index (Phi) is 6.68. The Morgan fingerprint density at radius 3 is 2.74 bits per heavy atom. The van der Waals surface area contributed by atoms with Crippen molar-refractivity contribution in [3.63, 3.8) is 0 Å². The fraction of sp³-hybridized carbons (Fsp3) is 0.526. The molecule has 3 rings (SSSR count). The first-order chi connectivity index (χ1) is 13.0. The number of hydrogen-bond donors (Lipinski definition) is 2. The summed E-state index contributed by atoms with van der Waals surface area (Å²) >= 11 is 6.25. The van der Waals surface area contributed by atoms with Crippen LogP contribution in [-0.4, -0.2) is 45.3 Å². The molecule has 1 aromatic heterocycles. The van der Waals surface area contributed by atoms with Crippen molar-refractivity contribution in [2.75, 3.05) is 19.6 Å². The summed E-state index contributed by atoms with van der Waals surface area (Å²) in [5.74, 6) is 1.24. The molecule has 146 valence electrons. The first-order valence-electron chi connectivity index (χ1n) is 9.37. The number of hydrogen-bond acceptors (Lipinski definition) is 4. The predicted molar refractivity (Wildman–Crippen MR) is 105 cm³/mol. The standard InChI is InChI=1S/C19H27ClN6O/c1-14(18-24-22-13-25(18)2)23-19(27)21-11-15-7-9-26(10-8-15)12-16-5-3-4-6-17(16)20/h3-6,13-15H,7-12H2,1-2H3,(H2,21,23,27). The molecule has 8 heteroatoms. The Labute approximate surface area is 165 Å². The maximum Gasteiger partial charge on any atom is 0.315 e. The lowest BCUT2D eigenvalue weighted by Gasteiger charge is -2.32. The van der Waals surface area contributed by atoms with Crippen LogP contribution in [0.2, 0.25) is 5.02 Å². The summed E-state index contributed by atoms with van der Waals surface area (Å²) in [7, 11) is 1.86. The molecule has 0 saturated carbocycles. The fourth-order valence-corrected chi connectivity index (χ4v) is 3.65. The van der Waals surface area contributed by atoms with E-state index < -0.39 is 0 Å². The van der Waals surface area contributed by atoms with E-state index >= 15 is 0 Å². The Hall–Kier alpha value is -2.12. The van der Waals surface area contributed by atoms with E-state index in [4.69, 9.17) is 11.6 Å². The van der Waals surface area contributed by atoms with Crippen LogP contribution >= 0.6 is 11.6 Å². The molecule has 2 amide bonds. The van der Waals surface area contributed by atoms with Crippen molar-refractivity contribution < 1.29 is 4.79 Å². The molecule has 1 unspecified atom stereocenters. The molecule has 1 fully saturated rings. The highest BCUT2D eigenvalue weighted by molar-refractivity contribution is 6.31. The van der Waals surface area contributed by atoms with Gasteiger partial charge in [-0.15, -0.1) is 10.2 Å². The third-order valence-electron chi connectivity index (χ3n) is 5.09. The normalized spacial score (nSPS) is 16.9. The molecule has 2 N–H and O–H groups in total. The number of halogens is 1. The Balaban J connectivity index is 1.37. The van der Waals surface area contributed by atoms with Crippen molar-refractivity contribution in [1.29, 1.82) is 0 Å². The summed E-state index contributed by atoms with van der Waals surface area (Å²) in [6, 6.07) is 7.66. The van der Waals surface area contributed by atoms with Crippen LogP contribution in [0.4, 0.5) is 4.79 Å². The van der Waals surface area contributed by atoms with Crippen LogP contribution in [0.5, 0.6) is 0 Å². The zero-order chi connectivity index (χ0) is 19.2. The minimum absolute atomic E-state index is 0.163. The summed E-state index contributed by atoms with van der Waals surface area (Å²) < 4.78 is 1.81. The van der Waals surface area contributed by atoms with E-state index in [1.165, 1.54) is 5.56 Å². The third kappa shape index (κ3) is 5.43. The van der Waals surface area contributed by atoms with Crippen LogP contribution in [0.1, 0.15) is 37.2 Å². The summed E-state index contributed by atoms with van der Waals surface area (Å²) in [6.07, 6.45) is 3.77. The zero-order valence-corrected chi connectivity index (χ0v) is 16.6. The number of amides is 2. The number of carbonyl (C=O) groups excluding carboxylic acids is 1. The lowest BCUT2D eigenvalue weighted by Crippen LogP contribution is -2.42. The molecular weight excluding hydrogens is 364 g/mol. The first kappa shape index (κ1) is 19.6. The van der Waals surface area contributed by atoms with E-state index in [-0.39, 0.29) is 12.1 Å². The van der Waals surface area contributed by atoms with Crippen molar-refractivity contribution in [3.05, 3.63) is 47.0 Å². The lowest BCUT2D eigenvalue weighted by molar-refractivity contribution is 0.174. The number of rotatable bonds is 6. The molecule has 1 saturated heterocycles. The summed E-state index contributed by atoms with van der Waals surface area (Å²) in [5, 5.41) is 14.6. The number of nitrogens with one attached hydrogen (secondary N) is 2. The van der Waals surface area contributed by atoms with Crippen LogP contribution in [-0.2, 0) is 13.6 Å². The topological polar surface area (TPSA) is 75.1 Å². The molecule has 0 bridgehead atoms. The van der Waals surface area contributed by atoms with Gasteiger partial charge in [0, 0.05) is 25.2 Å². The van der Waals surface area contributed by atoms with Crippen molar-refractivity contribution in [3.8, 4) is 0 Å². The average Bonchev–Trinajstić information content (AvgIpc) is 3.09. The van der Waals surface area contributed by atoms with Crippen LogP contribution in [0.3, 0.4) is 0 Å². The number of piperidine rings is 1. The van der Waals surface area contributed by atoms with Gasteiger partial charge in [-0.1, -0.05) is 29.8 Å².